The van der Waals surface area contributed by atoms with Crippen LogP contribution in [-0.4, -0.2) is 27.4 Å². The van der Waals surface area contributed by atoms with Gasteiger partial charge in [-0.2, -0.15) is 0 Å². The fourth-order valence-electron chi connectivity index (χ4n) is 1.68. The SMILES string of the molecule is Nc1cc(F)cc(S(=O)(=O)NCCNC(=O)C2CC2)c1. The second-order valence-corrected chi connectivity index (χ2v) is 6.45. The summed E-state index contributed by atoms with van der Waals surface area (Å²) in [6.45, 7) is 0.233. The van der Waals surface area contributed by atoms with Crippen molar-refractivity contribution in [2.75, 3.05) is 18.8 Å². The molecule has 0 aromatic heterocycles. The van der Waals surface area contributed by atoms with Crippen molar-refractivity contribution in [3.05, 3.63) is 24.0 Å². The highest BCUT2D eigenvalue weighted by molar-refractivity contribution is 7.89. The molecule has 0 aliphatic heterocycles. The van der Waals surface area contributed by atoms with Crippen molar-refractivity contribution < 1.29 is 17.6 Å². The number of nitrogens with two attached hydrogens (primary N) is 1. The Bertz CT molecular complexity index is 594. The smallest absolute Gasteiger partial charge is 0.240 e. The summed E-state index contributed by atoms with van der Waals surface area (Å²) < 4.78 is 39.2. The van der Waals surface area contributed by atoms with Crippen molar-refractivity contribution in [2.24, 2.45) is 5.92 Å². The molecule has 1 fully saturated rings. The minimum Gasteiger partial charge on any atom is -0.399 e. The van der Waals surface area contributed by atoms with Crippen molar-refractivity contribution in [3.63, 3.8) is 0 Å². The molecule has 4 N–H and O–H groups in total. The zero-order valence-corrected chi connectivity index (χ0v) is 11.5. The molecule has 1 amide bonds. The van der Waals surface area contributed by atoms with E-state index >= 15 is 0 Å². The molecule has 1 aliphatic carbocycles. The topological polar surface area (TPSA) is 101 Å². The Morgan fingerprint density at radius 3 is 2.60 bits per heavy atom. The predicted molar refractivity (Wildman–Crippen MR) is 71.7 cm³/mol. The molecular weight excluding hydrogens is 285 g/mol. The van der Waals surface area contributed by atoms with Crippen LogP contribution in [0.3, 0.4) is 0 Å². The van der Waals surface area contributed by atoms with Crippen molar-refractivity contribution in [2.45, 2.75) is 17.7 Å². The quantitative estimate of drug-likeness (QED) is 0.516. The van der Waals surface area contributed by atoms with Gasteiger partial charge in [-0.3, -0.25) is 4.79 Å². The van der Waals surface area contributed by atoms with Gasteiger partial charge >= 0.3 is 0 Å². The first kappa shape index (κ1) is 14.7. The fourth-order valence-corrected chi connectivity index (χ4v) is 2.78. The highest BCUT2D eigenvalue weighted by Crippen LogP contribution is 2.28. The molecule has 0 heterocycles. The van der Waals surface area contributed by atoms with Crippen LogP contribution >= 0.6 is 0 Å². The molecule has 6 nitrogen and oxygen atoms in total. The van der Waals surface area contributed by atoms with E-state index in [1.165, 1.54) is 6.07 Å². The minimum absolute atomic E-state index is 0.0346. The summed E-state index contributed by atoms with van der Waals surface area (Å²) in [6.07, 6.45) is 1.78. The molecule has 0 unspecified atom stereocenters. The number of amides is 1. The molecule has 0 saturated heterocycles. The fraction of sp³-hybridized carbons (Fsp3) is 0.417. The van der Waals surface area contributed by atoms with Crippen molar-refractivity contribution in [1.29, 1.82) is 0 Å². The molecule has 1 aromatic rings. The Balaban J connectivity index is 1.88. The normalized spacial score (nSPS) is 15.1. The highest BCUT2D eigenvalue weighted by atomic mass is 32.2. The summed E-state index contributed by atoms with van der Waals surface area (Å²) in [7, 11) is -3.83. The van der Waals surface area contributed by atoms with Crippen LogP contribution in [0.4, 0.5) is 10.1 Å². The number of hydrogen-bond acceptors (Lipinski definition) is 4. The van der Waals surface area contributed by atoms with E-state index in [4.69, 9.17) is 5.73 Å². The third-order valence-corrected chi connectivity index (χ3v) is 4.31. The van der Waals surface area contributed by atoms with Gasteiger partial charge in [-0.15, -0.1) is 0 Å². The first-order chi connectivity index (χ1) is 9.38. The van der Waals surface area contributed by atoms with Crippen LogP contribution in [0.2, 0.25) is 0 Å². The maximum atomic E-state index is 13.1. The Labute approximate surface area is 116 Å². The van der Waals surface area contributed by atoms with Crippen molar-refractivity contribution >= 4 is 21.6 Å². The van der Waals surface area contributed by atoms with Crippen LogP contribution in [0.5, 0.6) is 0 Å². The first-order valence-electron chi connectivity index (χ1n) is 6.22. The molecule has 20 heavy (non-hydrogen) atoms. The Kier molecular flexibility index (Phi) is 4.24. The molecule has 1 aromatic carbocycles. The van der Waals surface area contributed by atoms with Crippen LogP contribution < -0.4 is 15.8 Å². The zero-order chi connectivity index (χ0) is 14.8. The average Bonchev–Trinajstić information content (AvgIpc) is 3.17. The van der Waals surface area contributed by atoms with Gasteiger partial charge in [0.2, 0.25) is 15.9 Å². The molecule has 110 valence electrons. The van der Waals surface area contributed by atoms with E-state index in [1.807, 2.05) is 0 Å². The summed E-state index contributed by atoms with van der Waals surface area (Å²) in [5.74, 6) is -0.693. The van der Waals surface area contributed by atoms with Gasteiger partial charge in [-0.05, 0) is 31.0 Å². The van der Waals surface area contributed by atoms with E-state index in [1.54, 1.807) is 0 Å². The van der Waals surface area contributed by atoms with E-state index in [2.05, 4.69) is 10.0 Å². The molecule has 0 atom stereocenters. The number of nitrogen functional groups attached to an aromatic ring is 1. The van der Waals surface area contributed by atoms with Crippen LogP contribution in [0.25, 0.3) is 0 Å². The summed E-state index contributed by atoms with van der Waals surface area (Å²) in [4.78, 5) is 11.1. The molecule has 8 heteroatoms. The van der Waals surface area contributed by atoms with Gasteiger partial charge in [-0.25, -0.2) is 17.5 Å². The lowest BCUT2D eigenvalue weighted by Crippen LogP contribution is -2.35. The number of halogens is 1. The summed E-state index contributed by atoms with van der Waals surface area (Å²) in [5.41, 5.74) is 5.44. The Morgan fingerprint density at radius 1 is 1.30 bits per heavy atom. The maximum absolute atomic E-state index is 13.1. The van der Waals surface area contributed by atoms with E-state index < -0.39 is 15.8 Å². The minimum atomic E-state index is -3.83. The monoisotopic (exact) mass is 301 g/mol. The van der Waals surface area contributed by atoms with Crippen molar-refractivity contribution in [1.82, 2.24) is 10.0 Å². The molecular formula is C12H16FN3O3S. The van der Waals surface area contributed by atoms with Gasteiger partial charge < -0.3 is 11.1 Å². The number of nitrogens with one attached hydrogen (secondary N) is 2. The zero-order valence-electron chi connectivity index (χ0n) is 10.7. The standard InChI is InChI=1S/C12H16FN3O3S/c13-9-5-10(14)7-11(6-9)20(18,19)16-4-3-15-12(17)8-1-2-8/h5-8,16H,1-4,14H2,(H,15,17). The van der Waals surface area contributed by atoms with Gasteiger partial charge in [0, 0.05) is 24.7 Å². The van der Waals surface area contributed by atoms with Crippen LogP contribution in [0.15, 0.2) is 23.1 Å². The van der Waals surface area contributed by atoms with E-state index in [-0.39, 0.29) is 35.5 Å². The summed E-state index contributed by atoms with van der Waals surface area (Å²) >= 11 is 0. The lowest BCUT2D eigenvalue weighted by Gasteiger charge is -2.08. The van der Waals surface area contributed by atoms with Gasteiger partial charge in [0.1, 0.15) is 5.82 Å². The first-order valence-corrected chi connectivity index (χ1v) is 7.70. The summed E-state index contributed by atoms with van der Waals surface area (Å²) in [5, 5.41) is 2.63. The Morgan fingerprint density at radius 2 is 2.00 bits per heavy atom. The van der Waals surface area contributed by atoms with E-state index in [9.17, 15) is 17.6 Å². The van der Waals surface area contributed by atoms with Crippen LogP contribution in [0, 0.1) is 11.7 Å². The third kappa shape index (κ3) is 3.91. The van der Waals surface area contributed by atoms with Crippen molar-refractivity contribution in [3.8, 4) is 0 Å². The van der Waals surface area contributed by atoms with E-state index in [0.29, 0.717) is 0 Å². The van der Waals surface area contributed by atoms with E-state index in [0.717, 1.165) is 25.0 Å². The Hall–Kier alpha value is -1.67. The number of benzene rings is 1. The number of anilines is 1. The molecule has 1 saturated carbocycles. The van der Waals surface area contributed by atoms with Crippen LogP contribution in [-0.2, 0) is 14.8 Å². The second-order valence-electron chi connectivity index (χ2n) is 4.68. The largest absolute Gasteiger partial charge is 0.399 e. The number of carbonyl (C=O) groups excluding carboxylic acids is 1. The molecule has 0 spiro atoms. The highest BCUT2D eigenvalue weighted by Gasteiger charge is 2.29. The second kappa shape index (κ2) is 5.76. The molecule has 0 bridgehead atoms. The number of hydrogen-bond donors (Lipinski definition) is 3. The van der Waals surface area contributed by atoms with Gasteiger partial charge in [0.15, 0.2) is 0 Å². The van der Waals surface area contributed by atoms with Gasteiger partial charge in [0.25, 0.3) is 0 Å². The lowest BCUT2D eigenvalue weighted by molar-refractivity contribution is -0.122. The molecule has 1 aliphatic rings. The number of rotatable bonds is 6. The molecule has 2 rings (SSSR count). The third-order valence-electron chi connectivity index (χ3n) is 2.87. The van der Waals surface area contributed by atoms with Gasteiger partial charge in [-0.1, -0.05) is 0 Å². The maximum Gasteiger partial charge on any atom is 0.240 e. The average molecular weight is 301 g/mol. The lowest BCUT2D eigenvalue weighted by atomic mass is 10.3. The number of carbonyl (C=O) groups is 1. The summed E-state index contributed by atoms with van der Waals surface area (Å²) in [6, 6.07) is 3.10. The van der Waals surface area contributed by atoms with Gasteiger partial charge in [0.05, 0.1) is 4.90 Å². The number of sulfonamides is 1. The molecule has 0 radical (unpaired) electrons. The predicted octanol–water partition coefficient (Wildman–Crippen LogP) is 0.212. The van der Waals surface area contributed by atoms with Crippen LogP contribution in [0.1, 0.15) is 12.8 Å².